The highest BCUT2D eigenvalue weighted by Crippen LogP contribution is 2.37. The molecule has 1 fully saturated rings. The molecule has 2 unspecified atom stereocenters. The number of nitrogens with zero attached hydrogens (tertiary/aromatic N) is 1. The van der Waals surface area contributed by atoms with Crippen molar-refractivity contribution in [1.82, 2.24) is 9.62 Å². The third kappa shape index (κ3) is 5.87. The minimum atomic E-state index is -3.04. The van der Waals surface area contributed by atoms with Crippen LogP contribution in [0.2, 0.25) is 0 Å². The van der Waals surface area contributed by atoms with Crippen molar-refractivity contribution in [3.8, 4) is 0 Å². The molecular weight excluding hydrogens is 284 g/mol. The molecule has 1 heterocycles. The molecule has 5 heteroatoms. The maximum atomic E-state index is 11.8. The van der Waals surface area contributed by atoms with Gasteiger partial charge in [0.1, 0.15) is 0 Å². The first-order valence-electron chi connectivity index (χ1n) is 8.23. The summed E-state index contributed by atoms with van der Waals surface area (Å²) in [6.45, 7) is 13.6. The molecule has 1 aliphatic heterocycles. The van der Waals surface area contributed by atoms with Crippen LogP contribution in [0.15, 0.2) is 0 Å². The van der Waals surface area contributed by atoms with Gasteiger partial charge in [0.15, 0.2) is 0 Å². The highest BCUT2D eigenvalue weighted by molar-refractivity contribution is 7.88. The summed E-state index contributed by atoms with van der Waals surface area (Å²) in [6, 6.07) is 0.488. The Balaban J connectivity index is 2.70. The van der Waals surface area contributed by atoms with Gasteiger partial charge in [-0.15, -0.1) is 0 Å². The molecule has 126 valence electrons. The molecule has 0 bridgehead atoms. The Labute approximate surface area is 131 Å². The van der Waals surface area contributed by atoms with E-state index in [0.717, 1.165) is 25.8 Å². The van der Waals surface area contributed by atoms with Crippen LogP contribution in [-0.2, 0) is 10.0 Å². The first kappa shape index (κ1) is 18.9. The van der Waals surface area contributed by atoms with Crippen LogP contribution < -0.4 is 5.32 Å². The minimum Gasteiger partial charge on any atom is -0.314 e. The fraction of sp³-hybridized carbons (Fsp3) is 1.00. The zero-order valence-electron chi connectivity index (χ0n) is 14.6. The molecule has 0 aromatic rings. The molecule has 0 radical (unpaired) electrons. The molecule has 0 aromatic heterocycles. The molecule has 1 aliphatic rings. The minimum absolute atomic E-state index is 0.218. The van der Waals surface area contributed by atoms with E-state index in [1.165, 1.54) is 6.26 Å². The first-order chi connectivity index (χ1) is 9.54. The Kier molecular flexibility index (Phi) is 6.69. The molecule has 4 nitrogen and oxygen atoms in total. The van der Waals surface area contributed by atoms with Crippen LogP contribution in [0.1, 0.15) is 53.9 Å². The van der Waals surface area contributed by atoms with Gasteiger partial charge in [-0.3, -0.25) is 0 Å². The van der Waals surface area contributed by atoms with Gasteiger partial charge >= 0.3 is 0 Å². The molecule has 0 aromatic carbocycles. The van der Waals surface area contributed by atoms with Crippen molar-refractivity contribution in [2.45, 2.75) is 59.9 Å². The Morgan fingerprint density at radius 1 is 1.29 bits per heavy atom. The summed E-state index contributed by atoms with van der Waals surface area (Å²) in [5.41, 5.74) is 0.218. The van der Waals surface area contributed by atoms with Gasteiger partial charge in [-0.25, -0.2) is 12.7 Å². The molecule has 1 saturated heterocycles. The Morgan fingerprint density at radius 3 is 2.38 bits per heavy atom. The van der Waals surface area contributed by atoms with Crippen LogP contribution in [0.25, 0.3) is 0 Å². The number of sulfonamides is 1. The van der Waals surface area contributed by atoms with E-state index in [0.29, 0.717) is 31.0 Å². The van der Waals surface area contributed by atoms with Gasteiger partial charge in [-0.2, -0.15) is 0 Å². The zero-order valence-corrected chi connectivity index (χ0v) is 15.5. The first-order valence-corrected chi connectivity index (χ1v) is 10.1. The quantitative estimate of drug-likeness (QED) is 0.785. The molecule has 0 saturated carbocycles. The second-order valence-corrected chi connectivity index (χ2v) is 9.66. The SMILES string of the molecule is CC(C)NCC(C)(CC1CCCN(S(C)(=O)=O)C1)C(C)C. The van der Waals surface area contributed by atoms with Gasteiger partial charge in [0.2, 0.25) is 10.0 Å². The van der Waals surface area contributed by atoms with E-state index in [4.69, 9.17) is 0 Å². The molecule has 0 spiro atoms. The Morgan fingerprint density at radius 2 is 1.90 bits per heavy atom. The van der Waals surface area contributed by atoms with Crippen molar-refractivity contribution in [1.29, 1.82) is 0 Å². The standard InChI is InChI=1S/C16H34N2O2S/c1-13(2)16(5,12-17-14(3)4)10-15-8-7-9-18(11-15)21(6,19)20/h13-15,17H,7-12H2,1-6H3. The van der Waals surface area contributed by atoms with Gasteiger partial charge in [-0.05, 0) is 36.5 Å². The van der Waals surface area contributed by atoms with Gasteiger partial charge in [0, 0.05) is 25.7 Å². The highest BCUT2D eigenvalue weighted by Gasteiger charge is 2.34. The maximum absolute atomic E-state index is 11.8. The predicted molar refractivity (Wildman–Crippen MR) is 89.8 cm³/mol. The molecule has 1 N–H and O–H groups in total. The third-order valence-corrected chi connectivity index (χ3v) is 6.28. The maximum Gasteiger partial charge on any atom is 0.211 e. The van der Waals surface area contributed by atoms with Crippen molar-refractivity contribution in [3.05, 3.63) is 0 Å². The van der Waals surface area contributed by atoms with Crippen LogP contribution in [-0.4, -0.2) is 44.7 Å². The molecule has 21 heavy (non-hydrogen) atoms. The molecule has 0 aliphatic carbocycles. The van der Waals surface area contributed by atoms with Crippen molar-refractivity contribution in [3.63, 3.8) is 0 Å². The van der Waals surface area contributed by atoms with Crippen molar-refractivity contribution >= 4 is 10.0 Å². The van der Waals surface area contributed by atoms with E-state index in [2.05, 4.69) is 39.9 Å². The number of nitrogens with one attached hydrogen (secondary N) is 1. The normalized spacial score (nSPS) is 24.5. The lowest BCUT2D eigenvalue weighted by Crippen LogP contribution is -2.44. The number of hydrogen-bond acceptors (Lipinski definition) is 3. The molecular formula is C16H34N2O2S. The van der Waals surface area contributed by atoms with E-state index in [-0.39, 0.29) is 5.41 Å². The molecule has 0 amide bonds. The Hall–Kier alpha value is -0.130. The van der Waals surface area contributed by atoms with Crippen LogP contribution >= 0.6 is 0 Å². The topological polar surface area (TPSA) is 49.4 Å². The summed E-state index contributed by atoms with van der Waals surface area (Å²) in [5, 5.41) is 3.57. The van der Waals surface area contributed by atoms with Crippen molar-refractivity contribution in [2.24, 2.45) is 17.3 Å². The van der Waals surface area contributed by atoms with Gasteiger partial charge < -0.3 is 5.32 Å². The summed E-state index contributed by atoms with van der Waals surface area (Å²) in [4.78, 5) is 0. The zero-order chi connectivity index (χ0) is 16.3. The van der Waals surface area contributed by atoms with E-state index in [9.17, 15) is 8.42 Å². The number of piperidine rings is 1. The summed E-state index contributed by atoms with van der Waals surface area (Å²) in [6.07, 6.45) is 4.56. The van der Waals surface area contributed by atoms with Gasteiger partial charge in [0.25, 0.3) is 0 Å². The summed E-state index contributed by atoms with van der Waals surface area (Å²) >= 11 is 0. The fourth-order valence-electron chi connectivity index (χ4n) is 3.10. The van der Waals surface area contributed by atoms with Crippen LogP contribution in [0, 0.1) is 17.3 Å². The lowest BCUT2D eigenvalue weighted by atomic mass is 9.71. The van der Waals surface area contributed by atoms with E-state index in [1.807, 2.05) is 0 Å². The van der Waals surface area contributed by atoms with Crippen LogP contribution in [0.5, 0.6) is 0 Å². The Bertz CT molecular complexity index is 420. The lowest BCUT2D eigenvalue weighted by Gasteiger charge is -2.40. The van der Waals surface area contributed by atoms with E-state index in [1.54, 1.807) is 4.31 Å². The predicted octanol–water partition coefficient (Wildman–Crippen LogP) is 2.71. The van der Waals surface area contributed by atoms with E-state index < -0.39 is 10.0 Å². The smallest absolute Gasteiger partial charge is 0.211 e. The second kappa shape index (κ2) is 7.42. The largest absolute Gasteiger partial charge is 0.314 e. The molecule has 2 atom stereocenters. The van der Waals surface area contributed by atoms with Crippen LogP contribution in [0.3, 0.4) is 0 Å². The molecule has 1 rings (SSSR count). The van der Waals surface area contributed by atoms with Crippen LogP contribution in [0.4, 0.5) is 0 Å². The summed E-state index contributed by atoms with van der Waals surface area (Å²) < 4.78 is 25.2. The second-order valence-electron chi connectivity index (χ2n) is 7.68. The van der Waals surface area contributed by atoms with Gasteiger partial charge in [-0.1, -0.05) is 34.6 Å². The van der Waals surface area contributed by atoms with Crippen molar-refractivity contribution < 1.29 is 8.42 Å². The highest BCUT2D eigenvalue weighted by atomic mass is 32.2. The van der Waals surface area contributed by atoms with E-state index >= 15 is 0 Å². The lowest BCUT2D eigenvalue weighted by molar-refractivity contribution is 0.124. The number of rotatable bonds is 7. The van der Waals surface area contributed by atoms with Crippen molar-refractivity contribution in [2.75, 3.05) is 25.9 Å². The summed E-state index contributed by atoms with van der Waals surface area (Å²) in [5.74, 6) is 1.06. The monoisotopic (exact) mass is 318 g/mol. The average molecular weight is 319 g/mol. The van der Waals surface area contributed by atoms with Gasteiger partial charge in [0.05, 0.1) is 6.26 Å². The fourth-order valence-corrected chi connectivity index (χ4v) is 4.05. The average Bonchev–Trinajstić information content (AvgIpc) is 2.35. The number of hydrogen-bond donors (Lipinski definition) is 1. The third-order valence-electron chi connectivity index (χ3n) is 5.01. The summed E-state index contributed by atoms with van der Waals surface area (Å²) in [7, 11) is -3.04.